The molecule has 0 radical (unpaired) electrons. The van der Waals surface area contributed by atoms with Gasteiger partial charge in [-0.25, -0.2) is 4.79 Å². The minimum Gasteiger partial charge on any atom is -0.490 e. The molecule has 1 heterocycles. The molecule has 0 saturated carbocycles. The van der Waals surface area contributed by atoms with Gasteiger partial charge in [-0.3, -0.25) is 0 Å². The van der Waals surface area contributed by atoms with Crippen LogP contribution in [0.5, 0.6) is 5.75 Å². The summed E-state index contributed by atoms with van der Waals surface area (Å²) in [6.07, 6.45) is -0.553. The van der Waals surface area contributed by atoms with Gasteiger partial charge < -0.3 is 14.8 Å². The van der Waals surface area contributed by atoms with Crippen molar-refractivity contribution in [1.82, 2.24) is 5.32 Å². The van der Waals surface area contributed by atoms with Crippen molar-refractivity contribution in [2.24, 2.45) is 0 Å². The number of carbonyl (C=O) groups excluding carboxylic acids is 1. The van der Waals surface area contributed by atoms with E-state index in [1.165, 1.54) is 11.1 Å². The van der Waals surface area contributed by atoms with Crippen LogP contribution in [0.2, 0.25) is 0 Å². The molecule has 4 nitrogen and oxygen atoms in total. The lowest BCUT2D eigenvalue weighted by molar-refractivity contribution is 0.105. The highest BCUT2D eigenvalue weighted by Gasteiger charge is 2.22. The van der Waals surface area contributed by atoms with E-state index < -0.39 is 0 Å². The van der Waals surface area contributed by atoms with Gasteiger partial charge in [0, 0.05) is 0 Å². The third kappa shape index (κ3) is 2.45. The van der Waals surface area contributed by atoms with Crippen LogP contribution >= 0.6 is 0 Å². The van der Waals surface area contributed by atoms with E-state index in [9.17, 15) is 4.79 Å². The van der Waals surface area contributed by atoms with E-state index in [0.29, 0.717) is 13.2 Å². The molecule has 2 rings (SSSR count). The lowest BCUT2D eigenvalue weighted by Gasteiger charge is -2.11. The summed E-state index contributed by atoms with van der Waals surface area (Å²) in [5, 5.41) is 2.59. The zero-order valence-electron chi connectivity index (χ0n) is 9.45. The molecular weight excluding hydrogens is 206 g/mol. The molecule has 0 unspecified atom stereocenters. The van der Waals surface area contributed by atoms with Crippen LogP contribution < -0.4 is 10.1 Å². The van der Waals surface area contributed by atoms with Gasteiger partial charge in [0.1, 0.15) is 12.4 Å². The van der Waals surface area contributed by atoms with Crippen molar-refractivity contribution in [2.45, 2.75) is 20.0 Å². The minimum absolute atomic E-state index is 0.186. The number of cyclic esters (lactones) is 1. The molecule has 1 saturated heterocycles. The van der Waals surface area contributed by atoms with Crippen LogP contribution in [0.25, 0.3) is 0 Å². The van der Waals surface area contributed by atoms with Crippen molar-refractivity contribution in [3.63, 3.8) is 0 Å². The van der Waals surface area contributed by atoms with Gasteiger partial charge in [-0.05, 0) is 37.1 Å². The van der Waals surface area contributed by atoms with E-state index in [2.05, 4.69) is 12.2 Å². The Kier molecular flexibility index (Phi) is 2.99. The third-order valence-electron chi connectivity index (χ3n) is 2.66. The number of rotatable bonds is 3. The summed E-state index contributed by atoms with van der Waals surface area (Å²) in [6, 6.07) is 5.93. The van der Waals surface area contributed by atoms with E-state index in [1.54, 1.807) is 0 Å². The quantitative estimate of drug-likeness (QED) is 0.846. The second-order valence-corrected chi connectivity index (χ2v) is 3.97. The Morgan fingerprint density at radius 2 is 2.25 bits per heavy atom. The molecule has 1 aromatic carbocycles. The van der Waals surface area contributed by atoms with Crippen molar-refractivity contribution < 1.29 is 14.3 Å². The van der Waals surface area contributed by atoms with E-state index in [1.807, 2.05) is 25.1 Å². The number of benzene rings is 1. The Balaban J connectivity index is 1.89. The molecule has 1 fully saturated rings. The molecule has 86 valence electrons. The van der Waals surface area contributed by atoms with Gasteiger partial charge in [-0.2, -0.15) is 0 Å². The molecule has 1 amide bonds. The van der Waals surface area contributed by atoms with Gasteiger partial charge >= 0.3 is 6.09 Å². The number of nitrogens with one attached hydrogen (secondary N) is 1. The molecule has 16 heavy (non-hydrogen) atoms. The topological polar surface area (TPSA) is 47.6 Å². The standard InChI is InChI=1S/C12H15NO3/c1-8-3-4-10(5-9(8)2)15-7-11-6-13-12(14)16-11/h3-5,11H,6-7H2,1-2H3,(H,13,14)/t11-/m0/s1. The monoisotopic (exact) mass is 221 g/mol. The maximum Gasteiger partial charge on any atom is 0.407 e. The second-order valence-electron chi connectivity index (χ2n) is 3.97. The number of carbonyl (C=O) groups is 1. The Hall–Kier alpha value is -1.71. The predicted molar refractivity (Wildman–Crippen MR) is 59.7 cm³/mol. The maximum atomic E-state index is 10.8. The third-order valence-corrected chi connectivity index (χ3v) is 2.66. The summed E-state index contributed by atoms with van der Waals surface area (Å²) < 4.78 is 10.5. The molecule has 1 aliphatic rings. The Morgan fingerprint density at radius 1 is 1.44 bits per heavy atom. The second kappa shape index (κ2) is 4.43. The van der Waals surface area contributed by atoms with Gasteiger partial charge in [-0.15, -0.1) is 0 Å². The molecule has 0 bridgehead atoms. The summed E-state index contributed by atoms with van der Waals surface area (Å²) in [5.74, 6) is 0.811. The molecule has 4 heteroatoms. The first kappa shape index (κ1) is 10.8. The van der Waals surface area contributed by atoms with Crippen LogP contribution in [-0.2, 0) is 4.74 Å². The van der Waals surface area contributed by atoms with Crippen LogP contribution in [0.3, 0.4) is 0 Å². The minimum atomic E-state index is -0.367. The number of hydrogen-bond donors (Lipinski definition) is 1. The van der Waals surface area contributed by atoms with Gasteiger partial charge in [0.15, 0.2) is 6.10 Å². The Bertz CT molecular complexity index is 403. The van der Waals surface area contributed by atoms with E-state index in [0.717, 1.165) is 5.75 Å². The average Bonchev–Trinajstić information content (AvgIpc) is 2.66. The number of hydrogen-bond acceptors (Lipinski definition) is 3. The molecule has 1 N–H and O–H groups in total. The van der Waals surface area contributed by atoms with Crippen molar-refractivity contribution in [3.05, 3.63) is 29.3 Å². The number of ether oxygens (including phenoxy) is 2. The van der Waals surface area contributed by atoms with Crippen molar-refractivity contribution in [3.8, 4) is 5.75 Å². The van der Waals surface area contributed by atoms with Gasteiger partial charge in [-0.1, -0.05) is 6.07 Å². The SMILES string of the molecule is Cc1ccc(OC[C@@H]2CNC(=O)O2)cc1C. The van der Waals surface area contributed by atoms with Gasteiger partial charge in [0.2, 0.25) is 0 Å². The van der Waals surface area contributed by atoms with Crippen molar-refractivity contribution in [1.29, 1.82) is 0 Å². The van der Waals surface area contributed by atoms with Crippen LogP contribution in [0, 0.1) is 13.8 Å². The molecule has 0 aromatic heterocycles. The fraction of sp³-hybridized carbons (Fsp3) is 0.417. The normalized spacial score (nSPS) is 19.1. The molecule has 0 spiro atoms. The van der Waals surface area contributed by atoms with Gasteiger partial charge in [0.05, 0.1) is 6.54 Å². The van der Waals surface area contributed by atoms with Crippen molar-refractivity contribution in [2.75, 3.05) is 13.2 Å². The van der Waals surface area contributed by atoms with Crippen LogP contribution in [-0.4, -0.2) is 25.3 Å². The highest BCUT2D eigenvalue weighted by atomic mass is 16.6. The van der Waals surface area contributed by atoms with Crippen LogP contribution in [0.15, 0.2) is 18.2 Å². The van der Waals surface area contributed by atoms with E-state index in [-0.39, 0.29) is 12.2 Å². The molecule has 1 aliphatic heterocycles. The average molecular weight is 221 g/mol. The summed E-state index contributed by atoms with van der Waals surface area (Å²) in [4.78, 5) is 10.8. The number of aryl methyl sites for hydroxylation is 2. The molecular formula is C12H15NO3. The fourth-order valence-electron chi connectivity index (χ4n) is 1.52. The van der Waals surface area contributed by atoms with E-state index >= 15 is 0 Å². The highest BCUT2D eigenvalue weighted by Crippen LogP contribution is 2.17. The zero-order valence-corrected chi connectivity index (χ0v) is 9.45. The molecule has 1 aromatic rings. The summed E-state index contributed by atoms with van der Waals surface area (Å²) in [5.41, 5.74) is 2.43. The summed E-state index contributed by atoms with van der Waals surface area (Å²) >= 11 is 0. The van der Waals surface area contributed by atoms with Crippen molar-refractivity contribution >= 4 is 6.09 Å². The van der Waals surface area contributed by atoms with Crippen LogP contribution in [0.4, 0.5) is 4.79 Å². The first-order valence-corrected chi connectivity index (χ1v) is 5.29. The Morgan fingerprint density at radius 3 is 2.88 bits per heavy atom. The lowest BCUT2D eigenvalue weighted by Crippen LogP contribution is -2.21. The first-order valence-electron chi connectivity index (χ1n) is 5.29. The largest absolute Gasteiger partial charge is 0.490 e. The highest BCUT2D eigenvalue weighted by molar-refractivity contribution is 5.69. The fourth-order valence-corrected chi connectivity index (χ4v) is 1.52. The smallest absolute Gasteiger partial charge is 0.407 e. The summed E-state index contributed by atoms with van der Waals surface area (Å²) in [7, 11) is 0. The summed E-state index contributed by atoms with van der Waals surface area (Å²) in [6.45, 7) is 5.01. The van der Waals surface area contributed by atoms with Gasteiger partial charge in [0.25, 0.3) is 0 Å². The number of alkyl carbamates (subject to hydrolysis) is 1. The first-order chi connectivity index (χ1) is 7.65. The number of amides is 1. The predicted octanol–water partition coefficient (Wildman–Crippen LogP) is 1.79. The lowest BCUT2D eigenvalue weighted by atomic mass is 10.1. The Labute approximate surface area is 94.6 Å². The van der Waals surface area contributed by atoms with E-state index in [4.69, 9.17) is 9.47 Å². The molecule has 1 atom stereocenters. The zero-order chi connectivity index (χ0) is 11.5. The maximum absolute atomic E-state index is 10.8. The van der Waals surface area contributed by atoms with Crippen LogP contribution in [0.1, 0.15) is 11.1 Å². The molecule has 0 aliphatic carbocycles.